The van der Waals surface area contributed by atoms with Gasteiger partial charge in [-0.3, -0.25) is 4.79 Å². The lowest BCUT2D eigenvalue weighted by Crippen LogP contribution is -2.45. The van der Waals surface area contributed by atoms with Crippen LogP contribution in [0, 0.1) is 17.8 Å². The third kappa shape index (κ3) is 3.03. The highest BCUT2D eigenvalue weighted by Crippen LogP contribution is 2.47. The van der Waals surface area contributed by atoms with Crippen LogP contribution in [0.25, 0.3) is 5.69 Å². The second kappa shape index (κ2) is 6.91. The van der Waals surface area contributed by atoms with Crippen LogP contribution in [0.1, 0.15) is 24.8 Å². The van der Waals surface area contributed by atoms with E-state index in [1.165, 1.54) is 12.7 Å². The summed E-state index contributed by atoms with van der Waals surface area (Å²) >= 11 is 0. The molecular weight excluding hydrogens is 326 g/mol. The Hall–Kier alpha value is -1.92. The number of nitrogens with one attached hydrogen (secondary N) is 1. The summed E-state index contributed by atoms with van der Waals surface area (Å²) < 4.78 is 1.71. The van der Waals surface area contributed by atoms with E-state index in [1.54, 1.807) is 11.0 Å². The van der Waals surface area contributed by atoms with Gasteiger partial charge in [-0.25, -0.2) is 9.67 Å². The van der Waals surface area contributed by atoms with Gasteiger partial charge in [0, 0.05) is 12.6 Å². The molecule has 2 saturated carbocycles. The molecule has 1 amide bonds. The molecule has 0 spiro atoms. The molecule has 1 aromatic carbocycles. The van der Waals surface area contributed by atoms with Crippen molar-refractivity contribution in [2.75, 3.05) is 0 Å². The first-order valence-corrected chi connectivity index (χ1v) is 8.19. The van der Waals surface area contributed by atoms with Gasteiger partial charge in [0.15, 0.2) is 0 Å². The SMILES string of the molecule is Cl.NC1C2CCC(C2)C1C(=O)NCc1cccc(-n2cncn2)c1. The maximum atomic E-state index is 12.5. The Balaban J connectivity index is 0.00000169. The van der Waals surface area contributed by atoms with Gasteiger partial charge in [-0.05, 0) is 48.8 Å². The smallest absolute Gasteiger partial charge is 0.225 e. The number of aromatic nitrogens is 3. The monoisotopic (exact) mass is 347 g/mol. The zero-order valence-corrected chi connectivity index (χ0v) is 14.2. The van der Waals surface area contributed by atoms with E-state index in [0.717, 1.165) is 24.1 Å². The molecule has 4 unspecified atom stereocenters. The summed E-state index contributed by atoms with van der Waals surface area (Å²) in [7, 11) is 0. The quantitative estimate of drug-likeness (QED) is 0.881. The van der Waals surface area contributed by atoms with Crippen LogP contribution in [-0.2, 0) is 11.3 Å². The number of benzene rings is 1. The Morgan fingerprint density at radius 3 is 2.88 bits per heavy atom. The molecule has 128 valence electrons. The van der Waals surface area contributed by atoms with Crippen LogP contribution in [0.3, 0.4) is 0 Å². The van der Waals surface area contributed by atoms with Gasteiger partial charge in [-0.15, -0.1) is 12.4 Å². The molecule has 1 heterocycles. The number of fused-ring (bicyclic) bond motifs is 2. The number of carbonyl (C=O) groups is 1. The first-order chi connectivity index (χ1) is 11.2. The zero-order valence-electron chi connectivity index (χ0n) is 13.3. The predicted molar refractivity (Wildman–Crippen MR) is 92.8 cm³/mol. The minimum absolute atomic E-state index is 0. The van der Waals surface area contributed by atoms with Crippen molar-refractivity contribution in [3.63, 3.8) is 0 Å². The molecule has 4 rings (SSSR count). The van der Waals surface area contributed by atoms with E-state index in [4.69, 9.17) is 5.73 Å². The largest absolute Gasteiger partial charge is 0.352 e. The number of halogens is 1. The fraction of sp³-hybridized carbons (Fsp3) is 0.471. The number of hydrogen-bond acceptors (Lipinski definition) is 4. The number of amides is 1. The van der Waals surface area contributed by atoms with E-state index >= 15 is 0 Å². The van der Waals surface area contributed by atoms with Crippen molar-refractivity contribution in [2.24, 2.45) is 23.5 Å². The molecule has 2 fully saturated rings. The summed E-state index contributed by atoms with van der Waals surface area (Å²) in [5, 5.41) is 7.19. The first-order valence-electron chi connectivity index (χ1n) is 8.19. The van der Waals surface area contributed by atoms with Gasteiger partial charge >= 0.3 is 0 Å². The number of hydrogen-bond donors (Lipinski definition) is 2. The second-order valence-corrected chi connectivity index (χ2v) is 6.66. The Kier molecular flexibility index (Phi) is 4.87. The second-order valence-electron chi connectivity index (χ2n) is 6.66. The van der Waals surface area contributed by atoms with Gasteiger partial charge in [0.25, 0.3) is 0 Å². The molecule has 6 nitrogen and oxygen atoms in total. The third-order valence-corrected chi connectivity index (χ3v) is 5.34. The van der Waals surface area contributed by atoms with Crippen molar-refractivity contribution in [3.8, 4) is 5.69 Å². The Labute approximate surface area is 147 Å². The van der Waals surface area contributed by atoms with E-state index in [2.05, 4.69) is 15.4 Å². The van der Waals surface area contributed by atoms with Gasteiger partial charge < -0.3 is 11.1 Å². The lowest BCUT2D eigenvalue weighted by molar-refractivity contribution is -0.127. The predicted octanol–water partition coefficient (Wildman–Crippen LogP) is 1.68. The molecule has 2 bridgehead atoms. The maximum Gasteiger partial charge on any atom is 0.225 e. The van der Waals surface area contributed by atoms with Gasteiger partial charge in [-0.1, -0.05) is 12.1 Å². The molecule has 3 N–H and O–H groups in total. The van der Waals surface area contributed by atoms with Crippen LogP contribution in [-0.4, -0.2) is 26.7 Å². The molecule has 1 aromatic heterocycles. The van der Waals surface area contributed by atoms with E-state index in [-0.39, 0.29) is 30.3 Å². The van der Waals surface area contributed by atoms with Crippen molar-refractivity contribution < 1.29 is 4.79 Å². The molecule has 0 saturated heterocycles. The highest BCUT2D eigenvalue weighted by Gasteiger charge is 2.48. The van der Waals surface area contributed by atoms with Crippen LogP contribution in [0.15, 0.2) is 36.9 Å². The molecule has 2 aliphatic carbocycles. The summed E-state index contributed by atoms with van der Waals surface area (Å²) in [6.07, 6.45) is 6.63. The summed E-state index contributed by atoms with van der Waals surface area (Å²) in [6, 6.07) is 7.97. The van der Waals surface area contributed by atoms with Crippen molar-refractivity contribution >= 4 is 18.3 Å². The molecule has 2 aliphatic rings. The van der Waals surface area contributed by atoms with Crippen LogP contribution < -0.4 is 11.1 Å². The third-order valence-electron chi connectivity index (χ3n) is 5.34. The van der Waals surface area contributed by atoms with Crippen LogP contribution in [0.5, 0.6) is 0 Å². The van der Waals surface area contributed by atoms with E-state index in [9.17, 15) is 4.79 Å². The number of nitrogens with zero attached hydrogens (tertiary/aromatic N) is 3. The van der Waals surface area contributed by atoms with E-state index in [1.807, 2.05) is 24.3 Å². The van der Waals surface area contributed by atoms with E-state index < -0.39 is 0 Å². The van der Waals surface area contributed by atoms with Crippen LogP contribution in [0.4, 0.5) is 0 Å². The molecule has 24 heavy (non-hydrogen) atoms. The average Bonchev–Trinajstić information content (AvgIpc) is 3.30. The zero-order chi connectivity index (χ0) is 15.8. The first kappa shape index (κ1) is 16.9. The van der Waals surface area contributed by atoms with Crippen molar-refractivity contribution in [1.29, 1.82) is 0 Å². The van der Waals surface area contributed by atoms with Crippen LogP contribution in [0.2, 0.25) is 0 Å². The minimum Gasteiger partial charge on any atom is -0.352 e. The summed E-state index contributed by atoms with van der Waals surface area (Å²) in [5.41, 5.74) is 8.22. The fourth-order valence-electron chi connectivity index (χ4n) is 4.18. The molecule has 0 aliphatic heterocycles. The molecule has 4 atom stereocenters. The molecule has 2 aromatic rings. The highest BCUT2D eigenvalue weighted by molar-refractivity contribution is 5.85. The minimum atomic E-state index is -0.00718. The van der Waals surface area contributed by atoms with Crippen LogP contribution >= 0.6 is 12.4 Å². The molecule has 0 radical (unpaired) electrons. The normalized spacial score (nSPS) is 27.7. The number of carbonyl (C=O) groups excluding carboxylic acids is 1. The average molecular weight is 348 g/mol. The standard InChI is InChI=1S/C17H21N5O.ClH/c18-16-13-5-4-12(7-13)15(16)17(23)20-8-11-2-1-3-14(6-11)22-10-19-9-21-22;/h1-3,6,9-10,12-13,15-16H,4-5,7-8,18H2,(H,20,23);1H. The van der Waals surface area contributed by atoms with Gasteiger partial charge in [0.2, 0.25) is 5.91 Å². The molecular formula is C17H22ClN5O. The van der Waals surface area contributed by atoms with Gasteiger partial charge in [0.1, 0.15) is 12.7 Å². The van der Waals surface area contributed by atoms with Crippen molar-refractivity contribution in [3.05, 3.63) is 42.5 Å². The Bertz CT molecular complexity index is 703. The highest BCUT2D eigenvalue weighted by atomic mass is 35.5. The summed E-state index contributed by atoms with van der Waals surface area (Å²) in [4.78, 5) is 16.5. The topological polar surface area (TPSA) is 85.8 Å². The lowest BCUT2D eigenvalue weighted by atomic mass is 9.84. The number of nitrogens with two attached hydrogens (primary N) is 1. The molecule has 7 heteroatoms. The Morgan fingerprint density at radius 2 is 2.17 bits per heavy atom. The lowest BCUT2D eigenvalue weighted by Gasteiger charge is -2.27. The van der Waals surface area contributed by atoms with Gasteiger partial charge in [0.05, 0.1) is 11.6 Å². The maximum absolute atomic E-state index is 12.5. The van der Waals surface area contributed by atoms with E-state index in [0.29, 0.717) is 18.4 Å². The van der Waals surface area contributed by atoms with Crippen molar-refractivity contribution in [2.45, 2.75) is 31.8 Å². The number of rotatable bonds is 4. The van der Waals surface area contributed by atoms with Crippen molar-refractivity contribution in [1.82, 2.24) is 20.1 Å². The van der Waals surface area contributed by atoms with Gasteiger partial charge in [-0.2, -0.15) is 5.10 Å². The fourth-order valence-corrected chi connectivity index (χ4v) is 4.18. The summed E-state index contributed by atoms with van der Waals surface area (Å²) in [5.74, 6) is 1.13. The Morgan fingerprint density at radius 1 is 1.33 bits per heavy atom. The summed E-state index contributed by atoms with van der Waals surface area (Å²) in [6.45, 7) is 0.516.